The molecule has 0 unspecified atom stereocenters. The summed E-state index contributed by atoms with van der Waals surface area (Å²) in [6.07, 6.45) is -0.317. The van der Waals surface area contributed by atoms with Crippen LogP contribution in [0.4, 0.5) is 14.5 Å². The van der Waals surface area contributed by atoms with Crippen LogP contribution in [-0.2, 0) is 20.8 Å². The molecule has 0 aliphatic carbocycles. The first-order valence-electron chi connectivity index (χ1n) is 8.18. The van der Waals surface area contributed by atoms with Gasteiger partial charge in [-0.15, -0.1) is 0 Å². The Morgan fingerprint density at radius 2 is 1.67 bits per heavy atom. The normalized spacial score (nSPS) is 11.6. The highest BCUT2D eigenvalue weighted by Gasteiger charge is 2.27. The van der Waals surface area contributed by atoms with Crippen LogP contribution in [0.2, 0.25) is 0 Å². The lowest BCUT2D eigenvalue weighted by Crippen LogP contribution is -2.51. The fourth-order valence-electron chi connectivity index (χ4n) is 2.51. The maximum Gasteiger partial charge on any atom is 0.256 e. The van der Waals surface area contributed by atoms with Gasteiger partial charge in [-0.1, -0.05) is 18.2 Å². The van der Waals surface area contributed by atoms with Crippen molar-refractivity contribution in [1.82, 2.24) is 5.32 Å². The van der Waals surface area contributed by atoms with E-state index in [1.54, 1.807) is 30.3 Å². The number of benzene rings is 2. The molecule has 0 aliphatic rings. The molecule has 0 radical (unpaired) electrons. The topological polar surface area (TPSA) is 92.5 Å². The highest BCUT2D eigenvalue weighted by molar-refractivity contribution is 6.17. The highest BCUT2D eigenvalue weighted by Crippen LogP contribution is 2.15. The van der Waals surface area contributed by atoms with Gasteiger partial charge in [0.1, 0.15) is 17.7 Å². The van der Waals surface area contributed by atoms with E-state index in [2.05, 4.69) is 5.32 Å². The van der Waals surface area contributed by atoms with Crippen molar-refractivity contribution in [1.29, 1.82) is 0 Å². The Kier molecular flexibility index (Phi) is 6.73. The second kappa shape index (κ2) is 9.00. The number of nitrogens with one attached hydrogen (secondary N) is 1. The van der Waals surface area contributed by atoms with E-state index >= 15 is 0 Å². The predicted molar refractivity (Wildman–Crippen MR) is 95.7 cm³/mol. The number of hydrogen-bond acceptors (Lipinski definition) is 4. The summed E-state index contributed by atoms with van der Waals surface area (Å²) in [6.45, 7) is 1.02. The molecular weight excluding hydrogens is 356 g/mol. The third-order valence-electron chi connectivity index (χ3n) is 3.69. The third kappa shape index (κ3) is 5.42. The summed E-state index contributed by atoms with van der Waals surface area (Å²) in [4.78, 5) is 37.8. The second-order valence-electron chi connectivity index (χ2n) is 5.85. The van der Waals surface area contributed by atoms with Crippen molar-refractivity contribution in [3.8, 4) is 0 Å². The smallest absolute Gasteiger partial charge is 0.256 e. The van der Waals surface area contributed by atoms with Crippen LogP contribution in [0, 0.1) is 11.6 Å². The first-order valence-corrected chi connectivity index (χ1v) is 8.18. The van der Waals surface area contributed by atoms with Crippen LogP contribution in [0.15, 0.2) is 48.5 Å². The highest BCUT2D eigenvalue weighted by atomic mass is 19.1. The van der Waals surface area contributed by atoms with E-state index in [9.17, 15) is 23.2 Å². The Morgan fingerprint density at radius 1 is 1.07 bits per heavy atom. The van der Waals surface area contributed by atoms with Gasteiger partial charge in [0.05, 0.1) is 18.7 Å². The molecule has 2 rings (SSSR count). The minimum absolute atomic E-state index is 0.127. The van der Waals surface area contributed by atoms with Crippen LogP contribution in [-0.4, -0.2) is 30.3 Å². The number of halogens is 2. The molecule has 2 aromatic carbocycles. The molecule has 0 spiro atoms. The molecule has 0 heterocycles. The molecule has 0 saturated carbocycles. The zero-order valence-corrected chi connectivity index (χ0v) is 14.6. The minimum atomic E-state index is -1.05. The number of para-hydroxylation sites is 1. The van der Waals surface area contributed by atoms with Crippen molar-refractivity contribution < 1.29 is 23.2 Å². The molecule has 0 aliphatic heterocycles. The van der Waals surface area contributed by atoms with Crippen molar-refractivity contribution in [3.63, 3.8) is 0 Å². The summed E-state index contributed by atoms with van der Waals surface area (Å²) in [5, 5.41) is 2.43. The monoisotopic (exact) mass is 375 g/mol. The van der Waals surface area contributed by atoms with Crippen LogP contribution in [0.1, 0.15) is 12.5 Å². The second-order valence-corrected chi connectivity index (χ2v) is 5.85. The molecule has 142 valence electrons. The Labute approximate surface area is 155 Å². The van der Waals surface area contributed by atoms with Gasteiger partial charge in [-0.2, -0.15) is 0 Å². The van der Waals surface area contributed by atoms with Crippen molar-refractivity contribution in [2.24, 2.45) is 5.73 Å². The third-order valence-corrected chi connectivity index (χ3v) is 3.69. The van der Waals surface area contributed by atoms with Gasteiger partial charge in [0.25, 0.3) is 5.91 Å². The molecule has 0 saturated heterocycles. The van der Waals surface area contributed by atoms with Gasteiger partial charge in [-0.3, -0.25) is 14.4 Å². The first kappa shape index (κ1) is 20.2. The lowest BCUT2D eigenvalue weighted by atomic mass is 10.1. The Bertz CT molecular complexity index is 823. The van der Waals surface area contributed by atoms with E-state index in [4.69, 9.17) is 5.73 Å². The molecule has 27 heavy (non-hydrogen) atoms. The number of carbonyl (C=O) groups is 3. The van der Waals surface area contributed by atoms with Crippen molar-refractivity contribution in [2.45, 2.75) is 19.4 Å². The Hall–Kier alpha value is -3.13. The number of imide groups is 1. The molecule has 6 nitrogen and oxygen atoms in total. The lowest BCUT2D eigenvalue weighted by molar-refractivity contribution is -0.130. The van der Waals surface area contributed by atoms with E-state index in [-0.39, 0.29) is 18.5 Å². The fraction of sp³-hybridized carbons (Fsp3) is 0.211. The number of rotatable bonds is 6. The van der Waals surface area contributed by atoms with E-state index in [1.807, 2.05) is 0 Å². The average Bonchev–Trinajstić information content (AvgIpc) is 2.61. The number of carbonyl (C=O) groups excluding carboxylic acids is 3. The van der Waals surface area contributed by atoms with Crippen molar-refractivity contribution in [3.05, 3.63) is 65.7 Å². The summed E-state index contributed by atoms with van der Waals surface area (Å²) in [7, 11) is 0. The molecule has 2 aromatic rings. The minimum Gasteiger partial charge on any atom is -0.344 e. The molecule has 3 amide bonds. The largest absolute Gasteiger partial charge is 0.344 e. The van der Waals surface area contributed by atoms with Gasteiger partial charge < -0.3 is 11.1 Å². The quantitative estimate of drug-likeness (QED) is 0.801. The van der Waals surface area contributed by atoms with Gasteiger partial charge in [-0.05, 0) is 36.8 Å². The van der Waals surface area contributed by atoms with Crippen LogP contribution in [0.3, 0.4) is 0 Å². The van der Waals surface area contributed by atoms with E-state index in [0.717, 1.165) is 17.0 Å². The molecule has 0 aromatic heterocycles. The summed E-state index contributed by atoms with van der Waals surface area (Å²) in [5.41, 5.74) is 5.83. The van der Waals surface area contributed by atoms with Crippen LogP contribution < -0.4 is 16.0 Å². The van der Waals surface area contributed by atoms with E-state index < -0.39 is 35.4 Å². The standard InChI is InChI=1S/C19H19F2N3O3/c1-12(23-17(25)9-13-7-14(20)10-15(21)8-13)19(27)24(18(26)11-22)16-5-3-2-4-6-16/h2-8,10,12H,9,11,22H2,1H3,(H,23,25)/t12-/m1/s1. The Morgan fingerprint density at radius 3 is 2.22 bits per heavy atom. The molecule has 1 atom stereocenters. The predicted octanol–water partition coefficient (Wildman–Crippen LogP) is 1.53. The van der Waals surface area contributed by atoms with Gasteiger partial charge in [0.15, 0.2) is 0 Å². The zero-order chi connectivity index (χ0) is 20.0. The molecule has 8 heteroatoms. The summed E-state index contributed by atoms with van der Waals surface area (Å²) < 4.78 is 26.4. The summed E-state index contributed by atoms with van der Waals surface area (Å²) in [5.74, 6) is -3.51. The van der Waals surface area contributed by atoms with Crippen LogP contribution in [0.25, 0.3) is 0 Å². The Balaban J connectivity index is 2.10. The van der Waals surface area contributed by atoms with E-state index in [0.29, 0.717) is 11.8 Å². The number of anilines is 1. The molecule has 3 N–H and O–H groups in total. The van der Waals surface area contributed by atoms with Gasteiger partial charge in [-0.25, -0.2) is 13.7 Å². The lowest BCUT2D eigenvalue weighted by Gasteiger charge is -2.24. The number of nitrogens with two attached hydrogens (primary N) is 1. The SMILES string of the molecule is C[C@@H](NC(=O)Cc1cc(F)cc(F)c1)C(=O)N(C(=O)CN)c1ccccc1. The summed E-state index contributed by atoms with van der Waals surface area (Å²) >= 11 is 0. The number of nitrogens with zero attached hydrogens (tertiary/aromatic N) is 1. The van der Waals surface area contributed by atoms with Gasteiger partial charge in [0, 0.05) is 6.07 Å². The van der Waals surface area contributed by atoms with E-state index in [1.165, 1.54) is 6.92 Å². The molecule has 0 bridgehead atoms. The maximum atomic E-state index is 13.2. The van der Waals surface area contributed by atoms with Crippen LogP contribution >= 0.6 is 0 Å². The molecule has 0 fully saturated rings. The van der Waals surface area contributed by atoms with Crippen LogP contribution in [0.5, 0.6) is 0 Å². The summed E-state index contributed by atoms with van der Waals surface area (Å²) in [6, 6.07) is 9.87. The fourth-order valence-corrected chi connectivity index (χ4v) is 2.51. The number of hydrogen-bond donors (Lipinski definition) is 2. The van der Waals surface area contributed by atoms with Crippen molar-refractivity contribution in [2.75, 3.05) is 11.4 Å². The zero-order valence-electron chi connectivity index (χ0n) is 14.6. The first-order chi connectivity index (χ1) is 12.8. The van der Waals surface area contributed by atoms with Gasteiger partial charge >= 0.3 is 0 Å². The average molecular weight is 375 g/mol. The van der Waals surface area contributed by atoms with Crippen molar-refractivity contribution >= 4 is 23.4 Å². The maximum absolute atomic E-state index is 13.2. The number of amides is 3. The van der Waals surface area contributed by atoms with Gasteiger partial charge in [0.2, 0.25) is 11.8 Å². The molecular formula is C19H19F2N3O3.